The fourth-order valence-electron chi connectivity index (χ4n) is 2.33. The summed E-state index contributed by atoms with van der Waals surface area (Å²) in [5.41, 5.74) is 2.30. The Morgan fingerprint density at radius 3 is 2.54 bits per heavy atom. The van der Waals surface area contributed by atoms with Crippen molar-refractivity contribution in [1.29, 1.82) is 0 Å². The molecule has 0 aliphatic carbocycles. The number of amides is 1. The van der Waals surface area contributed by atoms with Crippen LogP contribution in [0, 0.1) is 5.82 Å². The summed E-state index contributed by atoms with van der Waals surface area (Å²) in [6.45, 7) is 1.01. The van der Waals surface area contributed by atoms with Crippen LogP contribution in [0.3, 0.4) is 0 Å². The molecule has 0 fully saturated rings. The third-order valence-corrected chi connectivity index (χ3v) is 3.74. The molecule has 7 heteroatoms. The van der Waals surface area contributed by atoms with Crippen molar-refractivity contribution in [2.45, 2.75) is 13.0 Å². The number of nitrogens with zero attached hydrogens (tertiary/aromatic N) is 3. The molecule has 3 aromatic rings. The summed E-state index contributed by atoms with van der Waals surface area (Å²) in [5.74, 6) is 0.0209. The number of benzene rings is 1. The number of halogens is 1. The molecule has 132 valence electrons. The van der Waals surface area contributed by atoms with Crippen LogP contribution >= 0.6 is 0 Å². The molecule has 2 heterocycles. The monoisotopic (exact) mass is 351 g/mol. The molecule has 0 spiro atoms. The van der Waals surface area contributed by atoms with Gasteiger partial charge in [-0.05, 0) is 41.8 Å². The summed E-state index contributed by atoms with van der Waals surface area (Å²) in [7, 11) is 0. The zero-order valence-corrected chi connectivity index (χ0v) is 14.0. The van der Waals surface area contributed by atoms with Crippen molar-refractivity contribution in [3.63, 3.8) is 0 Å². The molecule has 0 radical (unpaired) electrons. The maximum Gasteiger partial charge on any atom is 0.270 e. The minimum atomic E-state index is -0.276. The molecule has 0 saturated heterocycles. The average molecular weight is 351 g/mol. The van der Waals surface area contributed by atoms with Gasteiger partial charge in [-0.3, -0.25) is 9.78 Å². The molecule has 0 unspecified atom stereocenters. The molecule has 26 heavy (non-hydrogen) atoms. The SMILES string of the molecule is O=C(NCCc1ccc(F)cc1)c1cc(NCc2ccncc2)ncn1. The first-order valence-corrected chi connectivity index (χ1v) is 8.18. The normalized spacial score (nSPS) is 10.3. The van der Waals surface area contributed by atoms with Gasteiger partial charge in [-0.25, -0.2) is 14.4 Å². The zero-order valence-electron chi connectivity index (χ0n) is 14.0. The van der Waals surface area contributed by atoms with E-state index in [2.05, 4.69) is 25.6 Å². The van der Waals surface area contributed by atoms with E-state index in [1.165, 1.54) is 18.5 Å². The number of pyridine rings is 1. The number of anilines is 1. The van der Waals surface area contributed by atoms with Crippen molar-refractivity contribution in [1.82, 2.24) is 20.3 Å². The molecule has 0 atom stereocenters. The molecule has 2 N–H and O–H groups in total. The second kappa shape index (κ2) is 8.66. The number of nitrogens with one attached hydrogen (secondary N) is 2. The van der Waals surface area contributed by atoms with Gasteiger partial charge in [0.1, 0.15) is 23.7 Å². The maximum absolute atomic E-state index is 12.9. The standard InChI is InChI=1S/C19H18FN5O/c20-16-3-1-14(2-4-16)7-10-22-19(26)17-11-18(25-13-24-17)23-12-15-5-8-21-9-6-15/h1-6,8-9,11,13H,7,10,12H2,(H,22,26)(H,23,24,25). The molecule has 1 amide bonds. The predicted octanol–water partition coefficient (Wildman–Crippen LogP) is 2.60. The Balaban J connectivity index is 1.51. The van der Waals surface area contributed by atoms with Gasteiger partial charge >= 0.3 is 0 Å². The van der Waals surface area contributed by atoms with E-state index in [1.54, 1.807) is 30.6 Å². The lowest BCUT2D eigenvalue weighted by Gasteiger charge is -2.08. The lowest BCUT2D eigenvalue weighted by Crippen LogP contribution is -2.26. The first kappa shape index (κ1) is 17.5. The first-order valence-electron chi connectivity index (χ1n) is 8.18. The van der Waals surface area contributed by atoms with Gasteiger partial charge in [-0.2, -0.15) is 0 Å². The van der Waals surface area contributed by atoms with Crippen molar-refractivity contribution in [2.24, 2.45) is 0 Å². The number of hydrogen-bond acceptors (Lipinski definition) is 5. The molecule has 2 aromatic heterocycles. The predicted molar refractivity (Wildman–Crippen MR) is 96.0 cm³/mol. The van der Waals surface area contributed by atoms with Gasteiger partial charge in [0.2, 0.25) is 0 Å². The zero-order chi connectivity index (χ0) is 18.2. The molecule has 0 saturated carbocycles. The molecule has 1 aromatic carbocycles. The third kappa shape index (κ3) is 5.07. The summed E-state index contributed by atoms with van der Waals surface area (Å²) in [5, 5.41) is 5.95. The lowest BCUT2D eigenvalue weighted by atomic mass is 10.1. The van der Waals surface area contributed by atoms with Gasteiger partial charge < -0.3 is 10.6 Å². The van der Waals surface area contributed by atoms with Crippen molar-refractivity contribution >= 4 is 11.7 Å². The van der Waals surface area contributed by atoms with E-state index in [0.29, 0.717) is 25.3 Å². The fourth-order valence-corrected chi connectivity index (χ4v) is 2.33. The van der Waals surface area contributed by atoms with E-state index in [-0.39, 0.29) is 17.4 Å². The van der Waals surface area contributed by atoms with Gasteiger partial charge in [0.05, 0.1) is 0 Å². The molecule has 3 rings (SSSR count). The molecule has 0 bridgehead atoms. The number of aromatic nitrogens is 3. The van der Waals surface area contributed by atoms with Gasteiger partial charge in [-0.1, -0.05) is 12.1 Å². The molecule has 6 nitrogen and oxygen atoms in total. The van der Waals surface area contributed by atoms with Crippen molar-refractivity contribution in [3.8, 4) is 0 Å². The Hall–Kier alpha value is -3.35. The second-order valence-corrected chi connectivity index (χ2v) is 5.63. The van der Waals surface area contributed by atoms with Gasteiger partial charge in [0.15, 0.2) is 0 Å². The minimum absolute atomic E-state index is 0.273. The van der Waals surface area contributed by atoms with Crippen LogP contribution < -0.4 is 10.6 Å². The van der Waals surface area contributed by atoms with Crippen LogP contribution in [0.2, 0.25) is 0 Å². The highest BCUT2D eigenvalue weighted by atomic mass is 19.1. The van der Waals surface area contributed by atoms with Crippen molar-refractivity contribution < 1.29 is 9.18 Å². The van der Waals surface area contributed by atoms with E-state index >= 15 is 0 Å². The smallest absolute Gasteiger partial charge is 0.270 e. The number of carbonyl (C=O) groups is 1. The van der Waals surface area contributed by atoms with Gasteiger partial charge in [-0.15, -0.1) is 0 Å². The first-order chi connectivity index (χ1) is 12.7. The topological polar surface area (TPSA) is 79.8 Å². The molecule has 0 aliphatic heterocycles. The van der Waals surface area contributed by atoms with Crippen LogP contribution in [0.1, 0.15) is 21.6 Å². The van der Waals surface area contributed by atoms with E-state index < -0.39 is 0 Å². The van der Waals surface area contributed by atoms with Crippen LogP contribution in [0.25, 0.3) is 0 Å². The van der Waals surface area contributed by atoms with Crippen LogP contribution in [0.5, 0.6) is 0 Å². The molecule has 0 aliphatic rings. The van der Waals surface area contributed by atoms with Crippen LogP contribution in [-0.2, 0) is 13.0 Å². The Morgan fingerprint density at radius 1 is 1.00 bits per heavy atom. The van der Waals surface area contributed by atoms with E-state index in [1.807, 2.05) is 12.1 Å². The van der Waals surface area contributed by atoms with E-state index in [0.717, 1.165) is 11.1 Å². The van der Waals surface area contributed by atoms with Crippen LogP contribution in [-0.4, -0.2) is 27.4 Å². The summed E-state index contributed by atoms with van der Waals surface area (Å²) in [6, 6.07) is 11.6. The summed E-state index contributed by atoms with van der Waals surface area (Å²) in [4.78, 5) is 24.3. The van der Waals surface area contributed by atoms with Crippen LogP contribution in [0.4, 0.5) is 10.2 Å². The highest BCUT2D eigenvalue weighted by Gasteiger charge is 2.08. The highest BCUT2D eigenvalue weighted by molar-refractivity contribution is 5.92. The van der Waals surface area contributed by atoms with Gasteiger partial charge in [0, 0.05) is 31.5 Å². The van der Waals surface area contributed by atoms with Gasteiger partial charge in [0.25, 0.3) is 5.91 Å². The minimum Gasteiger partial charge on any atom is -0.366 e. The highest BCUT2D eigenvalue weighted by Crippen LogP contribution is 2.07. The quantitative estimate of drug-likeness (QED) is 0.684. The number of carbonyl (C=O) groups excluding carboxylic acids is 1. The molecular weight excluding hydrogens is 333 g/mol. The van der Waals surface area contributed by atoms with E-state index in [4.69, 9.17) is 0 Å². The Bertz CT molecular complexity index is 855. The number of hydrogen-bond donors (Lipinski definition) is 2. The molecular formula is C19H18FN5O. The van der Waals surface area contributed by atoms with E-state index in [9.17, 15) is 9.18 Å². The van der Waals surface area contributed by atoms with Crippen molar-refractivity contribution in [3.05, 3.63) is 83.8 Å². The Morgan fingerprint density at radius 2 is 1.77 bits per heavy atom. The summed E-state index contributed by atoms with van der Waals surface area (Å²) in [6.07, 6.45) is 5.40. The second-order valence-electron chi connectivity index (χ2n) is 5.63. The lowest BCUT2D eigenvalue weighted by molar-refractivity contribution is 0.0949. The average Bonchev–Trinajstić information content (AvgIpc) is 2.69. The summed E-state index contributed by atoms with van der Waals surface area (Å²) >= 11 is 0. The Kier molecular flexibility index (Phi) is 5.82. The fraction of sp³-hybridized carbons (Fsp3) is 0.158. The largest absolute Gasteiger partial charge is 0.366 e. The maximum atomic E-state index is 12.9. The number of rotatable bonds is 7. The Labute approximate surface area is 150 Å². The third-order valence-electron chi connectivity index (χ3n) is 3.74. The van der Waals surface area contributed by atoms with Crippen LogP contribution in [0.15, 0.2) is 61.2 Å². The van der Waals surface area contributed by atoms with Crippen molar-refractivity contribution in [2.75, 3.05) is 11.9 Å². The summed E-state index contributed by atoms with van der Waals surface area (Å²) < 4.78 is 12.9.